The third kappa shape index (κ3) is 7.13. The number of nitrogens with zero attached hydrogens (tertiary/aromatic N) is 5. The molecule has 1 spiro atoms. The number of likely N-dealkylation sites (tertiary alicyclic amines) is 1. The third-order valence-corrected chi connectivity index (χ3v) is 8.06. The standard InChI is InChI=1S/C31H40N8O2/c1-4-17-32-29(40)25-22-33-30(37-28(25)36-26-7-6-8-27(35-26)41-5-2)34-23-9-11-24(12-10-23)39-20-15-31(16-21-39)13-18-38(3)19-14-31/h4,6-12,22H,1,5,13-21H2,2-3H3,(H,32,40)(H2,33,34,35,36,37). The van der Waals surface area contributed by atoms with E-state index in [2.05, 4.69) is 66.5 Å². The average Bonchev–Trinajstić information content (AvgIpc) is 2.99. The van der Waals surface area contributed by atoms with Crippen LogP contribution in [0.25, 0.3) is 0 Å². The van der Waals surface area contributed by atoms with E-state index in [1.165, 1.54) is 50.7 Å². The molecule has 41 heavy (non-hydrogen) atoms. The molecule has 216 valence electrons. The molecule has 0 unspecified atom stereocenters. The minimum atomic E-state index is -0.312. The lowest BCUT2D eigenvalue weighted by atomic mass is 9.71. The normalized spacial score (nSPS) is 16.7. The highest BCUT2D eigenvalue weighted by Crippen LogP contribution is 2.42. The number of nitrogens with one attached hydrogen (secondary N) is 3. The molecule has 0 saturated carbocycles. The van der Waals surface area contributed by atoms with Crippen molar-refractivity contribution >= 4 is 34.9 Å². The first-order chi connectivity index (χ1) is 20.0. The van der Waals surface area contributed by atoms with Crippen LogP contribution in [0.4, 0.5) is 29.0 Å². The van der Waals surface area contributed by atoms with Crippen molar-refractivity contribution < 1.29 is 9.53 Å². The summed E-state index contributed by atoms with van der Waals surface area (Å²) in [6.45, 7) is 11.0. The molecule has 0 bridgehead atoms. The van der Waals surface area contributed by atoms with Crippen LogP contribution in [-0.4, -0.2) is 72.1 Å². The summed E-state index contributed by atoms with van der Waals surface area (Å²) in [7, 11) is 2.23. The Morgan fingerprint density at radius 1 is 1.02 bits per heavy atom. The number of hydrogen-bond donors (Lipinski definition) is 3. The molecule has 2 saturated heterocycles. The lowest BCUT2D eigenvalue weighted by Crippen LogP contribution is -2.46. The minimum absolute atomic E-state index is 0.295. The largest absolute Gasteiger partial charge is 0.478 e. The van der Waals surface area contributed by atoms with Gasteiger partial charge in [-0.1, -0.05) is 12.1 Å². The molecule has 0 atom stereocenters. The topological polar surface area (TPSA) is 108 Å². The van der Waals surface area contributed by atoms with Crippen LogP contribution >= 0.6 is 0 Å². The fourth-order valence-corrected chi connectivity index (χ4v) is 5.51. The zero-order valence-electron chi connectivity index (χ0n) is 24.0. The van der Waals surface area contributed by atoms with Crippen molar-refractivity contribution in [2.24, 2.45) is 5.41 Å². The van der Waals surface area contributed by atoms with E-state index in [0.29, 0.717) is 47.6 Å². The zero-order chi connectivity index (χ0) is 28.7. The quantitative estimate of drug-likeness (QED) is 0.298. The summed E-state index contributed by atoms with van der Waals surface area (Å²) in [6.07, 6.45) is 8.29. The van der Waals surface area contributed by atoms with Crippen LogP contribution in [0.3, 0.4) is 0 Å². The summed E-state index contributed by atoms with van der Waals surface area (Å²) in [5, 5.41) is 9.21. The van der Waals surface area contributed by atoms with Crippen molar-refractivity contribution in [2.45, 2.75) is 32.6 Å². The molecule has 2 aromatic heterocycles. The predicted octanol–water partition coefficient (Wildman–Crippen LogP) is 4.99. The summed E-state index contributed by atoms with van der Waals surface area (Å²) in [6, 6.07) is 13.8. The second kappa shape index (κ2) is 13.0. The number of amides is 1. The maximum atomic E-state index is 12.8. The van der Waals surface area contributed by atoms with Gasteiger partial charge in [0.25, 0.3) is 5.91 Å². The number of anilines is 5. The maximum Gasteiger partial charge on any atom is 0.256 e. The first-order valence-corrected chi connectivity index (χ1v) is 14.4. The number of pyridine rings is 1. The Balaban J connectivity index is 1.27. The van der Waals surface area contributed by atoms with Crippen LogP contribution in [0.15, 0.2) is 61.3 Å². The molecule has 5 rings (SSSR count). The Morgan fingerprint density at radius 3 is 2.46 bits per heavy atom. The maximum absolute atomic E-state index is 12.8. The molecular weight excluding hydrogens is 516 g/mol. The number of ether oxygens (including phenoxy) is 1. The van der Waals surface area contributed by atoms with Gasteiger partial charge >= 0.3 is 0 Å². The van der Waals surface area contributed by atoms with Crippen LogP contribution < -0.4 is 25.6 Å². The summed E-state index contributed by atoms with van der Waals surface area (Å²) in [5.41, 5.74) is 2.92. The van der Waals surface area contributed by atoms with E-state index >= 15 is 0 Å². The summed E-state index contributed by atoms with van der Waals surface area (Å²) in [4.78, 5) is 31.2. The molecule has 0 aliphatic carbocycles. The Labute approximate surface area is 242 Å². The number of hydrogen-bond acceptors (Lipinski definition) is 9. The van der Waals surface area contributed by atoms with E-state index < -0.39 is 0 Å². The molecule has 3 N–H and O–H groups in total. The van der Waals surface area contributed by atoms with Gasteiger partial charge in [-0.15, -0.1) is 6.58 Å². The molecule has 1 aromatic carbocycles. The van der Waals surface area contributed by atoms with Crippen molar-refractivity contribution in [1.82, 2.24) is 25.2 Å². The van der Waals surface area contributed by atoms with E-state index in [1.807, 2.05) is 25.1 Å². The number of benzene rings is 1. The smallest absolute Gasteiger partial charge is 0.256 e. The summed E-state index contributed by atoms with van der Waals surface area (Å²) < 4.78 is 5.51. The number of piperidine rings is 2. The second-order valence-corrected chi connectivity index (χ2v) is 10.8. The van der Waals surface area contributed by atoms with E-state index in [0.717, 1.165) is 18.8 Å². The number of rotatable bonds is 10. The average molecular weight is 557 g/mol. The Bertz CT molecular complexity index is 1330. The van der Waals surface area contributed by atoms with Crippen LogP contribution in [-0.2, 0) is 0 Å². The Hall–Kier alpha value is -4.18. The van der Waals surface area contributed by atoms with Gasteiger partial charge in [-0.3, -0.25) is 4.79 Å². The molecular formula is C31H40N8O2. The van der Waals surface area contributed by atoms with Crippen molar-refractivity contribution in [3.05, 3.63) is 66.9 Å². The highest BCUT2D eigenvalue weighted by molar-refractivity contribution is 5.99. The monoisotopic (exact) mass is 556 g/mol. The first-order valence-electron chi connectivity index (χ1n) is 14.4. The van der Waals surface area contributed by atoms with Gasteiger partial charge in [0.05, 0.1) is 6.61 Å². The Morgan fingerprint density at radius 2 is 1.76 bits per heavy atom. The number of aromatic nitrogens is 3. The highest BCUT2D eigenvalue weighted by atomic mass is 16.5. The molecule has 2 fully saturated rings. The zero-order valence-corrected chi connectivity index (χ0v) is 24.0. The van der Waals surface area contributed by atoms with Crippen molar-refractivity contribution in [1.29, 1.82) is 0 Å². The fourth-order valence-electron chi connectivity index (χ4n) is 5.51. The van der Waals surface area contributed by atoms with Gasteiger partial charge in [0.15, 0.2) is 0 Å². The second-order valence-electron chi connectivity index (χ2n) is 10.8. The van der Waals surface area contributed by atoms with Gasteiger partial charge in [0, 0.05) is 43.3 Å². The molecule has 10 nitrogen and oxygen atoms in total. The van der Waals surface area contributed by atoms with Crippen LogP contribution in [0.2, 0.25) is 0 Å². The molecule has 4 heterocycles. The van der Waals surface area contributed by atoms with E-state index in [-0.39, 0.29) is 5.91 Å². The van der Waals surface area contributed by atoms with Crippen molar-refractivity contribution in [3.63, 3.8) is 0 Å². The third-order valence-electron chi connectivity index (χ3n) is 8.06. The SMILES string of the molecule is C=CCNC(=O)c1cnc(Nc2ccc(N3CCC4(CCN(C)CC4)CC3)cc2)nc1Nc1cccc(OCC)n1. The molecule has 1 amide bonds. The molecule has 2 aliphatic heterocycles. The van der Waals surface area contributed by atoms with Gasteiger partial charge in [0.2, 0.25) is 11.8 Å². The minimum Gasteiger partial charge on any atom is -0.478 e. The van der Waals surface area contributed by atoms with Crippen molar-refractivity contribution in [3.8, 4) is 5.88 Å². The molecule has 3 aromatic rings. The predicted molar refractivity (Wildman–Crippen MR) is 164 cm³/mol. The summed E-state index contributed by atoms with van der Waals surface area (Å²) in [5.74, 6) is 1.37. The van der Waals surface area contributed by atoms with E-state index in [1.54, 1.807) is 18.2 Å². The van der Waals surface area contributed by atoms with Crippen LogP contribution in [0, 0.1) is 5.41 Å². The van der Waals surface area contributed by atoms with Crippen LogP contribution in [0.5, 0.6) is 5.88 Å². The summed E-state index contributed by atoms with van der Waals surface area (Å²) >= 11 is 0. The highest BCUT2D eigenvalue weighted by Gasteiger charge is 2.36. The number of carbonyl (C=O) groups is 1. The van der Waals surface area contributed by atoms with Gasteiger partial charge in [-0.05, 0) is 88.5 Å². The Kier molecular flexibility index (Phi) is 8.98. The lowest BCUT2D eigenvalue weighted by molar-refractivity contribution is 0.0944. The molecule has 2 aliphatic rings. The molecule has 0 radical (unpaired) electrons. The molecule has 10 heteroatoms. The fraction of sp³-hybridized carbons (Fsp3) is 0.419. The number of carbonyl (C=O) groups excluding carboxylic acids is 1. The first kappa shape index (κ1) is 28.4. The van der Waals surface area contributed by atoms with E-state index in [4.69, 9.17) is 4.74 Å². The van der Waals surface area contributed by atoms with Gasteiger partial charge in [-0.2, -0.15) is 9.97 Å². The van der Waals surface area contributed by atoms with Gasteiger partial charge < -0.3 is 30.5 Å². The lowest BCUT2D eigenvalue weighted by Gasteiger charge is -2.46. The van der Waals surface area contributed by atoms with Gasteiger partial charge in [0.1, 0.15) is 17.2 Å². The van der Waals surface area contributed by atoms with Crippen LogP contribution in [0.1, 0.15) is 43.0 Å². The van der Waals surface area contributed by atoms with E-state index in [9.17, 15) is 4.79 Å². The van der Waals surface area contributed by atoms with Crippen molar-refractivity contribution in [2.75, 3.05) is 61.9 Å². The van der Waals surface area contributed by atoms with Gasteiger partial charge in [-0.25, -0.2) is 4.98 Å².